The van der Waals surface area contributed by atoms with E-state index in [9.17, 15) is 0 Å². The Morgan fingerprint density at radius 1 is 1.08 bits per heavy atom. The Balaban J connectivity index is 1.77. The van der Waals surface area contributed by atoms with Gasteiger partial charge in [0.15, 0.2) is 11.2 Å². The minimum atomic E-state index is -0.0132. The predicted octanol–water partition coefficient (Wildman–Crippen LogP) is 6.07. The summed E-state index contributed by atoms with van der Waals surface area (Å²) in [6, 6.07) is 11.0. The second kappa shape index (κ2) is 4.92. The van der Waals surface area contributed by atoms with Crippen LogP contribution in [-0.2, 0) is 5.54 Å². The molecule has 3 heteroatoms. The van der Waals surface area contributed by atoms with E-state index in [0.29, 0.717) is 0 Å². The van der Waals surface area contributed by atoms with E-state index in [1.54, 1.807) is 6.26 Å². The Morgan fingerprint density at radius 2 is 1.88 bits per heavy atom. The van der Waals surface area contributed by atoms with Gasteiger partial charge in [-0.05, 0) is 38.3 Å². The lowest BCUT2D eigenvalue weighted by molar-refractivity contribution is 0.248. The lowest BCUT2D eigenvalue weighted by Crippen LogP contribution is -2.44. The molecule has 0 N–H and O–H groups in total. The molecule has 0 amide bonds. The van der Waals surface area contributed by atoms with E-state index in [2.05, 4.69) is 43.0 Å². The highest BCUT2D eigenvalue weighted by Gasteiger charge is 2.53. The molecule has 1 fully saturated rings. The van der Waals surface area contributed by atoms with Gasteiger partial charge in [0.05, 0.1) is 23.4 Å². The van der Waals surface area contributed by atoms with Gasteiger partial charge in [-0.15, -0.1) is 0 Å². The molecule has 1 aliphatic carbocycles. The highest BCUT2D eigenvalue weighted by Crippen LogP contribution is 2.58. The van der Waals surface area contributed by atoms with E-state index < -0.39 is 0 Å². The standard InChI is InChI=1S/C21H23NO2/c1-14-8-4-5-9-16(14)22-15(2)18-19-17(10-13-23-19)24-20(18)21(22)11-6-3-7-12-21/h4-5,8-10,13,15H,3,6-7,11-12H2,1-2H3/t15-/m0/s1. The lowest BCUT2D eigenvalue weighted by atomic mass is 9.79. The van der Waals surface area contributed by atoms with Crippen molar-refractivity contribution in [2.24, 2.45) is 0 Å². The zero-order valence-electron chi connectivity index (χ0n) is 14.3. The molecule has 1 aromatic carbocycles. The van der Waals surface area contributed by atoms with Crippen molar-refractivity contribution in [1.29, 1.82) is 0 Å². The molecule has 3 heterocycles. The smallest absolute Gasteiger partial charge is 0.177 e. The van der Waals surface area contributed by atoms with E-state index in [4.69, 9.17) is 8.83 Å². The summed E-state index contributed by atoms with van der Waals surface area (Å²) in [5.74, 6) is 1.16. The monoisotopic (exact) mass is 321 g/mol. The van der Waals surface area contributed by atoms with Gasteiger partial charge in [-0.3, -0.25) is 0 Å². The van der Waals surface area contributed by atoms with Gasteiger partial charge in [-0.1, -0.05) is 37.5 Å². The minimum absolute atomic E-state index is 0.0132. The van der Waals surface area contributed by atoms with Crippen LogP contribution in [0.15, 0.2) is 45.4 Å². The molecule has 3 aromatic rings. The molecule has 1 saturated carbocycles. The van der Waals surface area contributed by atoms with Crippen molar-refractivity contribution in [1.82, 2.24) is 0 Å². The van der Waals surface area contributed by atoms with Gasteiger partial charge in [0, 0.05) is 11.8 Å². The van der Waals surface area contributed by atoms with E-state index >= 15 is 0 Å². The van der Waals surface area contributed by atoms with Crippen molar-refractivity contribution in [2.75, 3.05) is 4.90 Å². The first-order valence-corrected chi connectivity index (χ1v) is 9.08. The van der Waals surface area contributed by atoms with Gasteiger partial charge in [0.1, 0.15) is 5.76 Å². The van der Waals surface area contributed by atoms with Crippen LogP contribution in [0.25, 0.3) is 11.2 Å². The molecule has 2 aromatic heterocycles. The molecule has 0 radical (unpaired) electrons. The molecule has 24 heavy (non-hydrogen) atoms. The summed E-state index contributed by atoms with van der Waals surface area (Å²) < 4.78 is 12.2. The van der Waals surface area contributed by atoms with Crippen molar-refractivity contribution in [3.8, 4) is 0 Å². The highest BCUT2D eigenvalue weighted by molar-refractivity contribution is 5.81. The van der Waals surface area contributed by atoms with Crippen LogP contribution in [0.2, 0.25) is 0 Å². The number of anilines is 1. The lowest BCUT2D eigenvalue weighted by Gasteiger charge is -2.44. The average Bonchev–Trinajstić information content (AvgIpc) is 3.23. The van der Waals surface area contributed by atoms with Crippen molar-refractivity contribution < 1.29 is 8.83 Å². The van der Waals surface area contributed by atoms with Crippen LogP contribution in [0.1, 0.15) is 62.0 Å². The van der Waals surface area contributed by atoms with Crippen molar-refractivity contribution >= 4 is 16.9 Å². The zero-order valence-corrected chi connectivity index (χ0v) is 14.3. The minimum Gasteiger partial charge on any atom is -0.460 e. The number of benzene rings is 1. The number of para-hydroxylation sites is 1. The topological polar surface area (TPSA) is 29.5 Å². The third-order valence-electron chi connectivity index (χ3n) is 6.07. The van der Waals surface area contributed by atoms with Crippen LogP contribution in [0.5, 0.6) is 0 Å². The first-order chi connectivity index (χ1) is 11.7. The summed E-state index contributed by atoms with van der Waals surface area (Å²) >= 11 is 0. The number of fused-ring (bicyclic) bond motifs is 4. The molecule has 3 nitrogen and oxygen atoms in total. The molecule has 0 bridgehead atoms. The van der Waals surface area contributed by atoms with Crippen molar-refractivity contribution in [3.63, 3.8) is 0 Å². The summed E-state index contributed by atoms with van der Waals surface area (Å²) in [4.78, 5) is 2.62. The number of aryl methyl sites for hydroxylation is 1. The molecular formula is C21H23NO2. The van der Waals surface area contributed by atoms with E-state index in [1.807, 2.05) is 6.07 Å². The normalized spacial score (nSPS) is 22.4. The van der Waals surface area contributed by atoms with Crippen LogP contribution in [0.4, 0.5) is 5.69 Å². The Bertz CT molecular complexity index is 898. The molecule has 0 unspecified atom stereocenters. The molecule has 5 rings (SSSR count). The fourth-order valence-corrected chi connectivity index (χ4v) is 5.05. The first-order valence-electron chi connectivity index (χ1n) is 9.08. The van der Waals surface area contributed by atoms with Crippen LogP contribution in [-0.4, -0.2) is 0 Å². The molecule has 124 valence electrons. The van der Waals surface area contributed by atoms with Crippen LogP contribution >= 0.6 is 0 Å². The highest BCUT2D eigenvalue weighted by atomic mass is 16.4. The molecule has 1 atom stereocenters. The Hall–Kier alpha value is -2.16. The quantitative estimate of drug-likeness (QED) is 0.544. The van der Waals surface area contributed by atoms with E-state index in [-0.39, 0.29) is 11.6 Å². The summed E-state index contributed by atoms with van der Waals surface area (Å²) in [6.45, 7) is 4.51. The van der Waals surface area contributed by atoms with Gasteiger partial charge in [-0.2, -0.15) is 0 Å². The summed E-state index contributed by atoms with van der Waals surface area (Å²) in [5.41, 5.74) is 5.76. The molecule has 2 aliphatic rings. The van der Waals surface area contributed by atoms with Crippen molar-refractivity contribution in [3.05, 3.63) is 53.5 Å². The third-order valence-corrected chi connectivity index (χ3v) is 6.07. The van der Waals surface area contributed by atoms with E-state index in [0.717, 1.165) is 29.8 Å². The van der Waals surface area contributed by atoms with Gasteiger partial charge < -0.3 is 13.7 Å². The van der Waals surface area contributed by atoms with Gasteiger partial charge in [0.25, 0.3) is 0 Å². The zero-order chi connectivity index (χ0) is 16.3. The fourth-order valence-electron chi connectivity index (χ4n) is 5.05. The van der Waals surface area contributed by atoms with Crippen LogP contribution in [0.3, 0.4) is 0 Å². The fraction of sp³-hybridized carbons (Fsp3) is 0.429. The summed E-state index contributed by atoms with van der Waals surface area (Å²) in [5, 5.41) is 0. The number of nitrogens with zero attached hydrogens (tertiary/aromatic N) is 1. The van der Waals surface area contributed by atoms with E-state index in [1.165, 1.54) is 36.1 Å². The maximum Gasteiger partial charge on any atom is 0.177 e. The average molecular weight is 321 g/mol. The van der Waals surface area contributed by atoms with Crippen molar-refractivity contribution in [2.45, 2.75) is 57.5 Å². The maximum atomic E-state index is 6.37. The van der Waals surface area contributed by atoms with Crippen LogP contribution in [0, 0.1) is 6.92 Å². The molecular weight excluding hydrogens is 298 g/mol. The van der Waals surface area contributed by atoms with Gasteiger partial charge in [-0.25, -0.2) is 0 Å². The Kier molecular flexibility index (Phi) is 2.91. The Labute approximate surface area is 142 Å². The van der Waals surface area contributed by atoms with Gasteiger partial charge >= 0.3 is 0 Å². The first kappa shape index (κ1) is 14.2. The number of furan rings is 2. The number of hydrogen-bond donors (Lipinski definition) is 0. The SMILES string of the molecule is Cc1ccccc1N1[C@@H](C)c2c(oc3ccoc23)C12CCCCC2. The molecule has 1 spiro atoms. The molecule has 1 aliphatic heterocycles. The molecule has 0 saturated heterocycles. The second-order valence-electron chi connectivity index (χ2n) is 7.38. The third kappa shape index (κ3) is 1.68. The number of rotatable bonds is 1. The van der Waals surface area contributed by atoms with Gasteiger partial charge in [0.2, 0.25) is 0 Å². The number of hydrogen-bond acceptors (Lipinski definition) is 3. The summed E-state index contributed by atoms with van der Waals surface area (Å²) in [7, 11) is 0. The Morgan fingerprint density at radius 3 is 2.67 bits per heavy atom. The largest absolute Gasteiger partial charge is 0.460 e. The summed E-state index contributed by atoms with van der Waals surface area (Å²) in [6.07, 6.45) is 7.91. The maximum absolute atomic E-state index is 6.37. The second-order valence-corrected chi connectivity index (χ2v) is 7.38. The van der Waals surface area contributed by atoms with Crippen LogP contribution < -0.4 is 4.90 Å². The predicted molar refractivity (Wildman–Crippen MR) is 95.3 cm³/mol.